The first-order chi connectivity index (χ1) is 7.99. The highest BCUT2D eigenvalue weighted by Gasteiger charge is 2.32. The van der Waals surface area contributed by atoms with Crippen molar-refractivity contribution in [2.24, 2.45) is 5.92 Å². The molecule has 2 rings (SSSR count). The molecule has 17 heavy (non-hydrogen) atoms. The Morgan fingerprint density at radius 1 is 1.24 bits per heavy atom. The smallest absolute Gasteiger partial charge is 0.328 e. The molecule has 1 saturated heterocycles. The van der Waals surface area contributed by atoms with E-state index < -0.39 is 6.03 Å². The lowest BCUT2D eigenvalue weighted by molar-refractivity contribution is -0.121. The Bertz CT molecular complexity index is 470. The van der Waals surface area contributed by atoms with Gasteiger partial charge in [0.15, 0.2) is 0 Å². The van der Waals surface area contributed by atoms with Crippen LogP contribution >= 0.6 is 23.2 Å². The van der Waals surface area contributed by atoms with Gasteiger partial charge in [0, 0.05) is 16.6 Å². The molecule has 1 unspecified atom stereocenters. The van der Waals surface area contributed by atoms with E-state index in [1.54, 1.807) is 13.0 Å². The normalized spacial score (nSPS) is 20.4. The summed E-state index contributed by atoms with van der Waals surface area (Å²) in [6, 6.07) is 4.15. The lowest BCUT2D eigenvalue weighted by atomic mass is 10.1. The number of halogens is 2. The summed E-state index contributed by atoms with van der Waals surface area (Å²) in [6.07, 6.45) is 0. The Morgan fingerprint density at radius 2 is 1.82 bits per heavy atom. The van der Waals surface area contributed by atoms with E-state index in [2.05, 4.69) is 5.32 Å². The molecule has 1 atom stereocenters. The molecule has 1 aliphatic rings. The minimum Gasteiger partial charge on any atom is -0.337 e. The zero-order chi connectivity index (χ0) is 12.6. The summed E-state index contributed by atoms with van der Waals surface area (Å²) < 4.78 is 0. The number of carbonyl (C=O) groups excluding carboxylic acids is 2. The summed E-state index contributed by atoms with van der Waals surface area (Å²) in [5, 5.41) is 3.39. The van der Waals surface area contributed by atoms with Crippen molar-refractivity contribution in [1.29, 1.82) is 0 Å². The quantitative estimate of drug-likeness (QED) is 0.855. The van der Waals surface area contributed by atoms with Gasteiger partial charge in [0.05, 0.1) is 11.6 Å². The molecule has 0 bridgehead atoms. The third-order valence-electron chi connectivity index (χ3n) is 2.51. The molecule has 90 valence electrons. The monoisotopic (exact) mass is 272 g/mol. The van der Waals surface area contributed by atoms with E-state index >= 15 is 0 Å². The van der Waals surface area contributed by atoms with Crippen LogP contribution in [0.4, 0.5) is 10.5 Å². The topological polar surface area (TPSA) is 49.4 Å². The van der Waals surface area contributed by atoms with Gasteiger partial charge in [-0.3, -0.25) is 4.79 Å². The number of nitrogens with zero attached hydrogens (tertiary/aromatic N) is 1. The third-order valence-corrected chi connectivity index (χ3v) is 2.95. The van der Waals surface area contributed by atoms with Crippen LogP contribution in [0.1, 0.15) is 6.92 Å². The molecular formula is C11H10Cl2N2O2. The van der Waals surface area contributed by atoms with Crippen molar-refractivity contribution in [2.45, 2.75) is 6.92 Å². The molecule has 1 heterocycles. The minimum atomic E-state index is -0.452. The maximum Gasteiger partial charge on any atom is 0.328 e. The highest BCUT2D eigenvalue weighted by atomic mass is 35.5. The van der Waals surface area contributed by atoms with Crippen LogP contribution in [0.3, 0.4) is 0 Å². The van der Waals surface area contributed by atoms with Gasteiger partial charge < -0.3 is 5.32 Å². The van der Waals surface area contributed by atoms with Crippen LogP contribution in [0, 0.1) is 5.92 Å². The van der Waals surface area contributed by atoms with E-state index in [-0.39, 0.29) is 11.8 Å². The van der Waals surface area contributed by atoms with Crippen LogP contribution in [0.15, 0.2) is 18.2 Å². The fourth-order valence-electron chi connectivity index (χ4n) is 1.64. The lowest BCUT2D eigenvalue weighted by Crippen LogP contribution is -2.54. The number of amides is 3. The second-order valence-corrected chi connectivity index (χ2v) is 4.76. The molecule has 0 saturated carbocycles. The van der Waals surface area contributed by atoms with Crippen LogP contribution in [-0.4, -0.2) is 18.5 Å². The predicted molar refractivity (Wildman–Crippen MR) is 66.5 cm³/mol. The number of urea groups is 1. The molecule has 1 aromatic carbocycles. The van der Waals surface area contributed by atoms with E-state index in [4.69, 9.17) is 23.2 Å². The van der Waals surface area contributed by atoms with Gasteiger partial charge in [-0.15, -0.1) is 0 Å². The summed E-state index contributed by atoms with van der Waals surface area (Å²) in [4.78, 5) is 24.7. The number of nitrogens with one attached hydrogen (secondary N) is 1. The summed E-state index contributed by atoms with van der Waals surface area (Å²) in [5.41, 5.74) is 0.386. The minimum absolute atomic E-state index is 0.257. The maximum absolute atomic E-state index is 11.9. The van der Waals surface area contributed by atoms with Crippen molar-refractivity contribution in [3.05, 3.63) is 28.2 Å². The van der Waals surface area contributed by atoms with E-state index in [0.717, 1.165) is 4.90 Å². The van der Waals surface area contributed by atoms with Crippen LogP contribution in [0.25, 0.3) is 0 Å². The van der Waals surface area contributed by atoms with Crippen molar-refractivity contribution in [1.82, 2.24) is 5.32 Å². The first-order valence-corrected chi connectivity index (χ1v) is 5.82. The zero-order valence-corrected chi connectivity index (χ0v) is 10.5. The molecule has 4 nitrogen and oxygen atoms in total. The molecule has 1 fully saturated rings. The molecule has 0 radical (unpaired) electrons. The molecule has 0 aromatic heterocycles. The first kappa shape index (κ1) is 12.2. The highest BCUT2D eigenvalue weighted by Crippen LogP contribution is 2.27. The number of hydrogen-bond acceptors (Lipinski definition) is 2. The van der Waals surface area contributed by atoms with Gasteiger partial charge in [0.1, 0.15) is 0 Å². The van der Waals surface area contributed by atoms with Crippen molar-refractivity contribution >= 4 is 40.8 Å². The van der Waals surface area contributed by atoms with Gasteiger partial charge in [-0.25, -0.2) is 9.69 Å². The van der Waals surface area contributed by atoms with Crippen molar-refractivity contribution < 1.29 is 9.59 Å². The van der Waals surface area contributed by atoms with Crippen molar-refractivity contribution in [3.63, 3.8) is 0 Å². The predicted octanol–water partition coefficient (Wildman–Crippen LogP) is 2.69. The summed E-state index contributed by atoms with van der Waals surface area (Å²) in [6.45, 7) is 2.10. The largest absolute Gasteiger partial charge is 0.337 e. The first-order valence-electron chi connectivity index (χ1n) is 5.07. The molecule has 3 amide bonds. The van der Waals surface area contributed by atoms with Crippen molar-refractivity contribution in [3.8, 4) is 0 Å². The fourth-order valence-corrected chi connectivity index (χ4v) is 2.15. The average molecular weight is 273 g/mol. The molecular weight excluding hydrogens is 263 g/mol. The van der Waals surface area contributed by atoms with Gasteiger partial charge >= 0.3 is 6.03 Å². The second-order valence-electron chi connectivity index (χ2n) is 3.89. The number of imide groups is 1. The molecule has 1 aromatic rings. The third kappa shape index (κ3) is 2.37. The summed E-state index contributed by atoms with van der Waals surface area (Å²) in [7, 11) is 0. The fraction of sp³-hybridized carbons (Fsp3) is 0.273. The number of carbonyl (C=O) groups is 2. The molecule has 0 aliphatic carbocycles. The molecule has 1 aliphatic heterocycles. The Kier molecular flexibility index (Phi) is 3.26. The number of benzene rings is 1. The zero-order valence-electron chi connectivity index (χ0n) is 9.04. The van der Waals surface area contributed by atoms with Crippen LogP contribution < -0.4 is 10.2 Å². The number of rotatable bonds is 1. The van der Waals surface area contributed by atoms with Crippen LogP contribution in [-0.2, 0) is 4.79 Å². The van der Waals surface area contributed by atoms with E-state index in [0.29, 0.717) is 22.3 Å². The summed E-state index contributed by atoms with van der Waals surface area (Å²) in [5.74, 6) is -0.516. The lowest BCUT2D eigenvalue weighted by Gasteiger charge is -2.29. The van der Waals surface area contributed by atoms with E-state index in [1.165, 1.54) is 12.1 Å². The Balaban J connectivity index is 2.43. The Labute approximate surface area is 108 Å². The number of hydrogen-bond donors (Lipinski definition) is 1. The summed E-state index contributed by atoms with van der Waals surface area (Å²) >= 11 is 11.7. The van der Waals surface area contributed by atoms with Gasteiger partial charge in [-0.1, -0.05) is 30.1 Å². The number of anilines is 1. The maximum atomic E-state index is 11.9. The van der Waals surface area contributed by atoms with Gasteiger partial charge in [0.25, 0.3) is 0 Å². The molecule has 6 heteroatoms. The van der Waals surface area contributed by atoms with Gasteiger partial charge in [0.2, 0.25) is 5.91 Å². The standard InChI is InChI=1S/C11H10Cl2N2O2/c1-6-5-14-11(17)15(10(6)16)9-3-7(12)2-8(13)4-9/h2-4,6H,5H2,1H3,(H,14,17). The molecule has 1 N–H and O–H groups in total. The van der Waals surface area contributed by atoms with E-state index in [9.17, 15) is 9.59 Å². The highest BCUT2D eigenvalue weighted by molar-refractivity contribution is 6.35. The van der Waals surface area contributed by atoms with E-state index in [1.807, 2.05) is 0 Å². The Morgan fingerprint density at radius 3 is 2.41 bits per heavy atom. The average Bonchev–Trinajstić information content (AvgIpc) is 2.23. The van der Waals surface area contributed by atoms with Crippen molar-refractivity contribution in [2.75, 3.05) is 11.4 Å². The second kappa shape index (κ2) is 4.55. The van der Waals surface area contributed by atoms with Crippen LogP contribution in [0.2, 0.25) is 10.0 Å². The molecule has 0 spiro atoms. The van der Waals surface area contributed by atoms with Crippen LogP contribution in [0.5, 0.6) is 0 Å². The Hall–Kier alpha value is -1.26. The van der Waals surface area contributed by atoms with Gasteiger partial charge in [-0.2, -0.15) is 0 Å². The van der Waals surface area contributed by atoms with Gasteiger partial charge in [-0.05, 0) is 18.2 Å². The SMILES string of the molecule is CC1CNC(=O)N(c2cc(Cl)cc(Cl)c2)C1=O.